The number of nitrogens with two attached hydrogens (primary N) is 1. The van der Waals surface area contributed by atoms with E-state index in [0.29, 0.717) is 17.0 Å². The van der Waals surface area contributed by atoms with E-state index in [1.165, 1.54) is 6.08 Å². The molecule has 148 valence electrons. The van der Waals surface area contributed by atoms with Gasteiger partial charge < -0.3 is 15.8 Å². The van der Waals surface area contributed by atoms with E-state index in [9.17, 15) is 19.2 Å². The van der Waals surface area contributed by atoms with Gasteiger partial charge in [0.15, 0.2) is 6.61 Å². The number of rotatable bonds is 7. The van der Waals surface area contributed by atoms with Crippen molar-refractivity contribution in [2.45, 2.75) is 0 Å². The van der Waals surface area contributed by atoms with E-state index in [-0.39, 0.29) is 18.1 Å². The van der Waals surface area contributed by atoms with Crippen molar-refractivity contribution in [1.29, 1.82) is 0 Å². The van der Waals surface area contributed by atoms with Crippen LogP contribution in [0.2, 0.25) is 0 Å². The first kappa shape index (κ1) is 20.2. The molecule has 0 bridgehead atoms. The van der Waals surface area contributed by atoms with Gasteiger partial charge in [0.1, 0.15) is 12.3 Å². The maximum Gasteiger partial charge on any atom is 0.294 e. The number of ether oxygens (including phenoxy) is 1. The van der Waals surface area contributed by atoms with E-state index in [4.69, 9.17) is 10.5 Å². The number of amides is 4. The van der Waals surface area contributed by atoms with Crippen molar-refractivity contribution in [3.63, 3.8) is 0 Å². The number of carbonyl (C=O) groups is 4. The number of para-hydroxylation sites is 1. The van der Waals surface area contributed by atoms with Gasteiger partial charge in [-0.1, -0.05) is 30.3 Å². The van der Waals surface area contributed by atoms with E-state index in [1.54, 1.807) is 48.5 Å². The number of nitrogens with zero attached hydrogens (tertiary/aromatic N) is 1. The van der Waals surface area contributed by atoms with Crippen molar-refractivity contribution in [2.24, 2.45) is 5.73 Å². The van der Waals surface area contributed by atoms with Crippen molar-refractivity contribution >= 4 is 46.5 Å². The highest BCUT2D eigenvalue weighted by Gasteiger charge is 2.36. The van der Waals surface area contributed by atoms with Gasteiger partial charge in [0, 0.05) is 5.69 Å². The molecule has 1 heterocycles. The molecule has 2 aromatic rings. The largest absolute Gasteiger partial charge is 0.484 e. The van der Waals surface area contributed by atoms with Crippen molar-refractivity contribution in [3.05, 3.63) is 65.1 Å². The van der Waals surface area contributed by atoms with Crippen LogP contribution in [0.15, 0.2) is 59.5 Å². The van der Waals surface area contributed by atoms with Gasteiger partial charge in [-0.25, -0.2) is 0 Å². The third-order valence-electron chi connectivity index (χ3n) is 3.77. The van der Waals surface area contributed by atoms with Gasteiger partial charge in [-0.2, -0.15) is 0 Å². The van der Waals surface area contributed by atoms with Crippen LogP contribution in [0.25, 0.3) is 6.08 Å². The minimum absolute atomic E-state index is 0.189. The van der Waals surface area contributed by atoms with Crippen LogP contribution in [0.4, 0.5) is 10.5 Å². The summed E-state index contributed by atoms with van der Waals surface area (Å²) in [6.45, 7) is -0.644. The molecule has 0 atom stereocenters. The van der Waals surface area contributed by atoms with Gasteiger partial charge in [0.25, 0.3) is 17.1 Å². The molecule has 1 fully saturated rings. The molecular weight excluding hydrogens is 394 g/mol. The minimum Gasteiger partial charge on any atom is -0.484 e. The predicted molar refractivity (Wildman–Crippen MR) is 109 cm³/mol. The third-order valence-corrected chi connectivity index (χ3v) is 4.68. The van der Waals surface area contributed by atoms with Crippen molar-refractivity contribution in [3.8, 4) is 5.75 Å². The Kier molecular flexibility index (Phi) is 6.30. The second-order valence-electron chi connectivity index (χ2n) is 6.01. The van der Waals surface area contributed by atoms with Gasteiger partial charge in [0.05, 0.1) is 4.91 Å². The molecule has 1 aliphatic rings. The molecule has 4 amide bonds. The van der Waals surface area contributed by atoms with Crippen molar-refractivity contribution in [2.75, 3.05) is 18.5 Å². The maximum absolute atomic E-state index is 12.6. The van der Waals surface area contributed by atoms with Crippen LogP contribution in [0, 0.1) is 0 Å². The lowest BCUT2D eigenvalue weighted by molar-refractivity contribution is -0.127. The van der Waals surface area contributed by atoms with Crippen LogP contribution in [-0.2, 0) is 14.4 Å². The Labute approximate surface area is 170 Å². The SMILES string of the molecule is NC(=O)COc1cccc(/C=C2\SC(=O)N(CC(=O)Nc3ccccc3)C2=O)c1. The molecule has 2 aromatic carbocycles. The number of primary amides is 1. The normalized spacial score (nSPS) is 14.9. The smallest absolute Gasteiger partial charge is 0.294 e. The van der Waals surface area contributed by atoms with Crippen LogP contribution in [0.3, 0.4) is 0 Å². The maximum atomic E-state index is 12.6. The predicted octanol–water partition coefficient (Wildman–Crippen LogP) is 2.23. The van der Waals surface area contributed by atoms with Crippen LogP contribution >= 0.6 is 11.8 Å². The Morgan fingerprint density at radius 1 is 1.10 bits per heavy atom. The highest BCUT2D eigenvalue weighted by atomic mass is 32.2. The van der Waals surface area contributed by atoms with Gasteiger partial charge in [-0.05, 0) is 47.7 Å². The molecule has 8 nitrogen and oxygen atoms in total. The molecule has 0 aliphatic carbocycles. The molecule has 29 heavy (non-hydrogen) atoms. The zero-order chi connectivity index (χ0) is 20.8. The summed E-state index contributed by atoms with van der Waals surface area (Å²) in [6.07, 6.45) is 1.52. The summed E-state index contributed by atoms with van der Waals surface area (Å²) in [7, 11) is 0. The topological polar surface area (TPSA) is 119 Å². The number of hydrogen-bond acceptors (Lipinski definition) is 6. The van der Waals surface area contributed by atoms with Gasteiger partial charge in [-0.3, -0.25) is 24.1 Å². The second-order valence-corrected chi connectivity index (χ2v) is 7.00. The minimum atomic E-state index is -0.606. The first-order valence-electron chi connectivity index (χ1n) is 8.54. The third kappa shape index (κ3) is 5.45. The lowest BCUT2D eigenvalue weighted by Crippen LogP contribution is -2.36. The van der Waals surface area contributed by atoms with Crippen LogP contribution in [-0.4, -0.2) is 41.0 Å². The summed E-state index contributed by atoms with van der Waals surface area (Å²) < 4.78 is 5.23. The quantitative estimate of drug-likeness (QED) is 0.675. The Morgan fingerprint density at radius 3 is 2.59 bits per heavy atom. The molecule has 0 saturated carbocycles. The van der Waals surface area contributed by atoms with Crippen LogP contribution < -0.4 is 15.8 Å². The molecule has 0 aromatic heterocycles. The zero-order valence-electron chi connectivity index (χ0n) is 15.2. The summed E-state index contributed by atoms with van der Waals surface area (Å²) >= 11 is 0.753. The van der Waals surface area contributed by atoms with Crippen LogP contribution in [0.1, 0.15) is 5.56 Å². The molecule has 3 N–H and O–H groups in total. The Bertz CT molecular complexity index is 991. The van der Waals surface area contributed by atoms with E-state index >= 15 is 0 Å². The summed E-state index contributed by atoms with van der Waals surface area (Å²) in [5.74, 6) is -1.22. The van der Waals surface area contributed by atoms with E-state index in [1.807, 2.05) is 6.07 Å². The average Bonchev–Trinajstić information content (AvgIpc) is 2.95. The molecule has 0 radical (unpaired) electrons. The number of thioether (sulfide) groups is 1. The molecule has 9 heteroatoms. The standard InChI is InChI=1S/C20H17N3O5S/c21-17(24)12-28-15-8-4-5-13(9-15)10-16-19(26)23(20(27)29-16)11-18(25)22-14-6-2-1-3-7-14/h1-10H,11-12H2,(H2,21,24)(H,22,25)/b16-10-. The average molecular weight is 411 g/mol. The summed E-state index contributed by atoms with van der Waals surface area (Å²) in [6, 6.07) is 15.4. The molecule has 1 aliphatic heterocycles. The van der Waals surface area contributed by atoms with Crippen molar-refractivity contribution < 1.29 is 23.9 Å². The Hall–Kier alpha value is -3.59. The summed E-state index contributed by atoms with van der Waals surface area (Å²) in [4.78, 5) is 48.8. The lowest BCUT2D eigenvalue weighted by atomic mass is 10.2. The first-order valence-corrected chi connectivity index (χ1v) is 9.35. The fourth-order valence-electron chi connectivity index (χ4n) is 2.50. The second kappa shape index (κ2) is 9.07. The monoisotopic (exact) mass is 411 g/mol. The number of imide groups is 1. The molecule has 3 rings (SSSR count). The Balaban J connectivity index is 1.67. The van der Waals surface area contributed by atoms with Gasteiger partial charge >= 0.3 is 0 Å². The molecule has 0 unspecified atom stereocenters. The van der Waals surface area contributed by atoms with Crippen LogP contribution in [0.5, 0.6) is 5.75 Å². The first-order chi connectivity index (χ1) is 13.9. The van der Waals surface area contributed by atoms with E-state index < -0.39 is 23.0 Å². The van der Waals surface area contributed by atoms with E-state index in [0.717, 1.165) is 16.7 Å². The van der Waals surface area contributed by atoms with Crippen molar-refractivity contribution in [1.82, 2.24) is 4.90 Å². The number of nitrogens with one attached hydrogen (secondary N) is 1. The molecule has 0 spiro atoms. The zero-order valence-corrected chi connectivity index (χ0v) is 16.0. The lowest BCUT2D eigenvalue weighted by Gasteiger charge is -2.12. The fraction of sp³-hybridized carbons (Fsp3) is 0.100. The van der Waals surface area contributed by atoms with Gasteiger partial charge in [-0.15, -0.1) is 0 Å². The summed E-state index contributed by atoms with van der Waals surface area (Å²) in [5.41, 5.74) is 6.23. The van der Waals surface area contributed by atoms with Gasteiger partial charge in [0.2, 0.25) is 5.91 Å². The number of anilines is 1. The summed E-state index contributed by atoms with van der Waals surface area (Å²) in [5, 5.41) is 2.11. The highest BCUT2D eigenvalue weighted by molar-refractivity contribution is 8.18. The highest BCUT2D eigenvalue weighted by Crippen LogP contribution is 2.32. The number of benzene rings is 2. The van der Waals surface area contributed by atoms with E-state index in [2.05, 4.69) is 5.32 Å². The fourth-order valence-corrected chi connectivity index (χ4v) is 3.34. The molecule has 1 saturated heterocycles. The number of carbonyl (C=O) groups excluding carboxylic acids is 4. The number of hydrogen-bond donors (Lipinski definition) is 2. The molecular formula is C20H17N3O5S. The Morgan fingerprint density at radius 2 is 1.86 bits per heavy atom.